The summed E-state index contributed by atoms with van der Waals surface area (Å²) in [6.07, 6.45) is 4.27. The summed E-state index contributed by atoms with van der Waals surface area (Å²) >= 11 is 0. The molecule has 0 radical (unpaired) electrons. The van der Waals surface area contributed by atoms with Crippen molar-refractivity contribution >= 4 is 17.5 Å². The largest absolute Gasteiger partial charge is 0.486 e. The van der Waals surface area contributed by atoms with Crippen molar-refractivity contribution in [3.05, 3.63) is 53.7 Å². The highest BCUT2D eigenvalue weighted by atomic mass is 16.5. The highest BCUT2D eigenvalue weighted by Gasteiger charge is 2.42. The standard InChI is InChI=1S/C24H27N3O4/c28-20-16-24(31-21-5-2-1-4-19(20)21)8-3-10-27(11-9-24)23(29)18-6-7-22(25-17-18)26-12-14-30-15-13-26/h1-2,4-7,17H,3,8-16H2. The summed E-state index contributed by atoms with van der Waals surface area (Å²) in [4.78, 5) is 34.4. The van der Waals surface area contributed by atoms with E-state index in [1.807, 2.05) is 41.3 Å². The van der Waals surface area contributed by atoms with Crippen LogP contribution >= 0.6 is 0 Å². The van der Waals surface area contributed by atoms with Crippen LogP contribution in [0.2, 0.25) is 0 Å². The first-order valence-corrected chi connectivity index (χ1v) is 11.0. The summed E-state index contributed by atoms with van der Waals surface area (Å²) in [5, 5.41) is 0. The number of likely N-dealkylation sites (tertiary alicyclic amines) is 1. The maximum Gasteiger partial charge on any atom is 0.255 e. The average molecular weight is 421 g/mol. The number of anilines is 1. The van der Waals surface area contributed by atoms with E-state index in [-0.39, 0.29) is 11.7 Å². The lowest BCUT2D eigenvalue weighted by Gasteiger charge is -2.37. The quantitative estimate of drug-likeness (QED) is 0.743. The molecule has 2 saturated heterocycles. The van der Waals surface area contributed by atoms with Crippen molar-refractivity contribution in [3.8, 4) is 5.75 Å². The van der Waals surface area contributed by atoms with Crippen LogP contribution in [-0.4, -0.2) is 66.6 Å². The number of ketones is 1. The van der Waals surface area contributed by atoms with E-state index < -0.39 is 5.60 Å². The normalized spacial score (nSPS) is 23.8. The molecule has 4 heterocycles. The molecular formula is C24H27N3O4. The van der Waals surface area contributed by atoms with Gasteiger partial charge in [0, 0.05) is 38.8 Å². The third-order valence-electron chi connectivity index (χ3n) is 6.51. The van der Waals surface area contributed by atoms with E-state index in [1.54, 1.807) is 6.20 Å². The summed E-state index contributed by atoms with van der Waals surface area (Å²) in [6, 6.07) is 11.2. The number of aromatic nitrogens is 1. The van der Waals surface area contributed by atoms with Gasteiger partial charge in [0.25, 0.3) is 5.91 Å². The zero-order valence-electron chi connectivity index (χ0n) is 17.6. The molecule has 1 unspecified atom stereocenters. The van der Waals surface area contributed by atoms with Gasteiger partial charge in [0.05, 0.1) is 30.8 Å². The van der Waals surface area contributed by atoms with E-state index in [1.165, 1.54) is 0 Å². The monoisotopic (exact) mass is 421 g/mol. The molecule has 0 bridgehead atoms. The van der Waals surface area contributed by atoms with E-state index in [2.05, 4.69) is 9.88 Å². The number of nitrogens with zero attached hydrogens (tertiary/aromatic N) is 3. The number of pyridine rings is 1. The third-order valence-corrected chi connectivity index (χ3v) is 6.51. The van der Waals surface area contributed by atoms with Crippen LogP contribution in [0.4, 0.5) is 5.82 Å². The second-order valence-electron chi connectivity index (χ2n) is 8.53. The topological polar surface area (TPSA) is 72.0 Å². The lowest BCUT2D eigenvalue weighted by Crippen LogP contribution is -2.43. The predicted octanol–water partition coefficient (Wildman–Crippen LogP) is 2.95. The number of Topliss-reactive ketones (excluding diaryl/α,β-unsaturated/α-hetero) is 1. The van der Waals surface area contributed by atoms with Crippen molar-refractivity contribution in [2.24, 2.45) is 0 Å². The van der Waals surface area contributed by atoms with Gasteiger partial charge in [0.15, 0.2) is 5.78 Å². The fraction of sp³-hybridized carbons (Fsp3) is 0.458. The van der Waals surface area contributed by atoms with Gasteiger partial charge in [-0.3, -0.25) is 9.59 Å². The predicted molar refractivity (Wildman–Crippen MR) is 116 cm³/mol. The fourth-order valence-corrected chi connectivity index (χ4v) is 4.77. The number of hydrogen-bond acceptors (Lipinski definition) is 6. The molecule has 31 heavy (non-hydrogen) atoms. The molecule has 7 nitrogen and oxygen atoms in total. The Bertz CT molecular complexity index is 971. The Morgan fingerprint density at radius 3 is 2.65 bits per heavy atom. The number of hydrogen-bond donors (Lipinski definition) is 0. The molecule has 2 aromatic rings. The Labute approximate surface area is 182 Å². The Kier molecular flexibility index (Phi) is 5.36. The molecule has 1 aromatic carbocycles. The second kappa shape index (κ2) is 8.30. The van der Waals surface area contributed by atoms with Gasteiger partial charge in [-0.15, -0.1) is 0 Å². The van der Waals surface area contributed by atoms with Crippen molar-refractivity contribution in [2.75, 3.05) is 44.3 Å². The number of benzene rings is 1. The van der Waals surface area contributed by atoms with E-state index in [0.717, 1.165) is 31.7 Å². The van der Waals surface area contributed by atoms with Crippen molar-refractivity contribution in [2.45, 2.75) is 31.3 Å². The highest BCUT2D eigenvalue weighted by Crippen LogP contribution is 2.39. The number of fused-ring (bicyclic) bond motifs is 1. The Morgan fingerprint density at radius 2 is 1.84 bits per heavy atom. The number of carbonyl (C=O) groups is 2. The SMILES string of the molecule is O=C1CC2(CCCN(C(=O)c3ccc(N4CCOCC4)nc3)CC2)Oc2ccccc21. The van der Waals surface area contributed by atoms with Crippen molar-refractivity contribution in [1.82, 2.24) is 9.88 Å². The molecule has 7 heteroatoms. The summed E-state index contributed by atoms with van der Waals surface area (Å²) < 4.78 is 11.7. The minimum Gasteiger partial charge on any atom is -0.486 e. The minimum atomic E-state index is -0.515. The van der Waals surface area contributed by atoms with Crippen LogP contribution in [-0.2, 0) is 4.74 Å². The Balaban J connectivity index is 1.26. The van der Waals surface area contributed by atoms with Crippen LogP contribution < -0.4 is 9.64 Å². The van der Waals surface area contributed by atoms with Crippen LogP contribution in [0.5, 0.6) is 5.75 Å². The van der Waals surface area contributed by atoms with Crippen LogP contribution in [0.25, 0.3) is 0 Å². The molecule has 3 aliphatic heterocycles. The molecule has 1 amide bonds. The molecule has 1 spiro atoms. The van der Waals surface area contributed by atoms with E-state index in [4.69, 9.17) is 9.47 Å². The van der Waals surface area contributed by atoms with Crippen molar-refractivity contribution in [1.29, 1.82) is 0 Å². The number of rotatable bonds is 2. The van der Waals surface area contributed by atoms with Gasteiger partial charge in [-0.25, -0.2) is 4.98 Å². The molecule has 5 rings (SSSR count). The minimum absolute atomic E-state index is 0.0133. The molecule has 2 fully saturated rings. The van der Waals surface area contributed by atoms with Gasteiger partial charge in [-0.2, -0.15) is 0 Å². The van der Waals surface area contributed by atoms with Gasteiger partial charge >= 0.3 is 0 Å². The van der Waals surface area contributed by atoms with Crippen molar-refractivity contribution < 1.29 is 19.1 Å². The highest BCUT2D eigenvalue weighted by molar-refractivity contribution is 6.00. The molecule has 1 atom stereocenters. The fourth-order valence-electron chi connectivity index (χ4n) is 4.77. The third kappa shape index (κ3) is 4.02. The van der Waals surface area contributed by atoms with Crippen LogP contribution in [0.15, 0.2) is 42.6 Å². The number of para-hydroxylation sites is 1. The van der Waals surface area contributed by atoms with Gasteiger partial charge in [0.2, 0.25) is 0 Å². The molecule has 1 aromatic heterocycles. The maximum absolute atomic E-state index is 13.1. The number of ether oxygens (including phenoxy) is 2. The van der Waals surface area contributed by atoms with Gasteiger partial charge in [-0.1, -0.05) is 12.1 Å². The first-order chi connectivity index (χ1) is 15.1. The van der Waals surface area contributed by atoms with E-state index in [0.29, 0.717) is 56.0 Å². The zero-order chi connectivity index (χ0) is 21.3. The van der Waals surface area contributed by atoms with E-state index >= 15 is 0 Å². The van der Waals surface area contributed by atoms with Crippen LogP contribution in [0.1, 0.15) is 46.4 Å². The molecule has 0 saturated carbocycles. The summed E-state index contributed by atoms with van der Waals surface area (Å²) in [6.45, 7) is 4.26. The smallest absolute Gasteiger partial charge is 0.255 e. The van der Waals surface area contributed by atoms with Gasteiger partial charge < -0.3 is 19.3 Å². The first kappa shape index (κ1) is 20.0. The summed E-state index contributed by atoms with van der Waals surface area (Å²) in [7, 11) is 0. The summed E-state index contributed by atoms with van der Waals surface area (Å²) in [5.41, 5.74) is 0.745. The Morgan fingerprint density at radius 1 is 1.00 bits per heavy atom. The lowest BCUT2D eigenvalue weighted by molar-refractivity contribution is 0.0300. The first-order valence-electron chi connectivity index (χ1n) is 11.0. The van der Waals surface area contributed by atoms with Crippen LogP contribution in [0.3, 0.4) is 0 Å². The Hall–Kier alpha value is -2.93. The van der Waals surface area contributed by atoms with Crippen molar-refractivity contribution in [3.63, 3.8) is 0 Å². The lowest BCUT2D eigenvalue weighted by atomic mass is 9.84. The second-order valence-corrected chi connectivity index (χ2v) is 8.53. The average Bonchev–Trinajstić information content (AvgIpc) is 3.01. The zero-order valence-corrected chi connectivity index (χ0v) is 17.6. The molecule has 162 valence electrons. The van der Waals surface area contributed by atoms with Gasteiger partial charge in [0.1, 0.15) is 17.2 Å². The number of carbonyl (C=O) groups excluding carboxylic acids is 2. The van der Waals surface area contributed by atoms with Crippen LogP contribution in [0, 0.1) is 0 Å². The molecule has 0 aliphatic carbocycles. The summed E-state index contributed by atoms with van der Waals surface area (Å²) in [5.74, 6) is 1.66. The molecule has 0 N–H and O–H groups in total. The molecular weight excluding hydrogens is 394 g/mol. The van der Waals surface area contributed by atoms with Gasteiger partial charge in [-0.05, 0) is 37.1 Å². The van der Waals surface area contributed by atoms with E-state index in [9.17, 15) is 9.59 Å². The number of amides is 1. The number of morpholine rings is 1. The molecule has 3 aliphatic rings. The maximum atomic E-state index is 13.1.